The van der Waals surface area contributed by atoms with E-state index < -0.39 is 0 Å². The Labute approximate surface area is 267 Å². The highest BCUT2D eigenvalue weighted by Crippen LogP contribution is 2.26. The number of fused-ring (bicyclic) bond motifs is 2. The van der Waals surface area contributed by atoms with Crippen molar-refractivity contribution in [2.45, 2.75) is 0 Å². The summed E-state index contributed by atoms with van der Waals surface area (Å²) < 4.78 is 20.8. The maximum absolute atomic E-state index is 8.12. The predicted molar refractivity (Wildman–Crippen MR) is 175 cm³/mol. The topological polar surface area (TPSA) is 142 Å². The summed E-state index contributed by atoms with van der Waals surface area (Å²) in [6, 6.07) is 19.1. The van der Waals surface area contributed by atoms with Crippen molar-refractivity contribution in [1.82, 2.24) is 19.9 Å². The molecule has 0 spiro atoms. The van der Waals surface area contributed by atoms with Gasteiger partial charge in [0.1, 0.15) is 24.9 Å². The van der Waals surface area contributed by atoms with Gasteiger partial charge < -0.3 is 28.9 Å². The van der Waals surface area contributed by atoms with Gasteiger partial charge in [0.2, 0.25) is 11.8 Å². The number of methoxy groups -OCH3 is 2. The molecule has 5 rings (SSSR count). The molecule has 0 saturated carbocycles. The first-order chi connectivity index (χ1) is 18.6. The van der Waals surface area contributed by atoms with Gasteiger partial charge in [-0.3, -0.25) is 10.8 Å². The van der Waals surface area contributed by atoms with E-state index in [-0.39, 0.29) is 61.4 Å². The van der Waals surface area contributed by atoms with Crippen molar-refractivity contribution in [3.8, 4) is 22.8 Å². The second-order valence-corrected chi connectivity index (χ2v) is 8.55. The fourth-order valence-electron chi connectivity index (χ4n) is 3.98. The van der Waals surface area contributed by atoms with Crippen LogP contribution in [0.25, 0.3) is 44.8 Å². The highest BCUT2D eigenvalue weighted by atomic mass is 35.5. The number of ether oxygens (including phenoxy) is 4. The molecule has 10 nitrogen and oxygen atoms in total. The molecule has 0 aliphatic carbocycles. The van der Waals surface area contributed by atoms with Gasteiger partial charge in [0.05, 0.1) is 35.3 Å². The zero-order chi connectivity index (χ0) is 26.5. The van der Waals surface area contributed by atoms with Crippen LogP contribution in [0, 0.1) is 10.8 Å². The lowest BCUT2D eigenvalue weighted by atomic mass is 10.1. The van der Waals surface area contributed by atoms with Gasteiger partial charge in [-0.25, -0.2) is 9.97 Å². The third-order valence-electron chi connectivity index (χ3n) is 5.99. The van der Waals surface area contributed by atoms with E-state index in [0.717, 1.165) is 44.8 Å². The number of aromatic nitrogens is 4. The highest BCUT2D eigenvalue weighted by Gasteiger charge is 2.12. The van der Waals surface area contributed by atoms with Crippen LogP contribution in [-0.2, 0) is 18.9 Å². The molecule has 0 unspecified atom stereocenters. The van der Waals surface area contributed by atoms with Gasteiger partial charge in [0, 0.05) is 36.5 Å². The molecule has 0 radical (unpaired) electrons. The summed E-state index contributed by atoms with van der Waals surface area (Å²) in [6.45, 7) is 1.51. The lowest BCUT2D eigenvalue weighted by Crippen LogP contribution is -2.09. The van der Waals surface area contributed by atoms with Crippen LogP contribution in [-0.4, -0.2) is 72.4 Å². The molecular formula is C28H32Cl4N6O4. The number of nitrogens with one attached hydrogen (secondary N) is 4. The van der Waals surface area contributed by atoms with Crippen LogP contribution in [0.4, 0.5) is 0 Å². The SMILES string of the molecule is COCCOC(=N)c1ccc2nc(-c3ccc(-c4nc5ccc(C(=N)OCCOC)cc5[nH]4)cc3)[nH]c2c1.Cl.Cl.Cl.Cl. The van der Waals surface area contributed by atoms with Gasteiger partial charge in [-0.1, -0.05) is 24.3 Å². The van der Waals surface area contributed by atoms with Crippen LogP contribution in [0.1, 0.15) is 11.1 Å². The van der Waals surface area contributed by atoms with Crippen molar-refractivity contribution < 1.29 is 18.9 Å². The van der Waals surface area contributed by atoms with Crippen molar-refractivity contribution in [1.29, 1.82) is 10.8 Å². The molecule has 3 aromatic carbocycles. The van der Waals surface area contributed by atoms with Gasteiger partial charge in [-0.05, 0) is 36.4 Å². The normalized spacial score (nSPS) is 10.1. The van der Waals surface area contributed by atoms with Gasteiger partial charge in [0.15, 0.2) is 0 Å². The first-order valence-corrected chi connectivity index (χ1v) is 12.1. The first kappa shape index (κ1) is 36.6. The lowest BCUT2D eigenvalue weighted by molar-refractivity contribution is 0.141. The molecular weight excluding hydrogens is 626 g/mol. The molecule has 2 heterocycles. The summed E-state index contributed by atoms with van der Waals surface area (Å²) in [5.41, 5.74) is 6.46. The number of aromatic amines is 2. The molecule has 0 aliphatic rings. The summed E-state index contributed by atoms with van der Waals surface area (Å²) >= 11 is 0. The number of rotatable bonds is 10. The van der Waals surface area contributed by atoms with E-state index in [1.807, 2.05) is 60.7 Å². The zero-order valence-corrected chi connectivity index (χ0v) is 26.0. The Morgan fingerprint density at radius 2 is 0.976 bits per heavy atom. The van der Waals surface area contributed by atoms with E-state index in [0.29, 0.717) is 37.6 Å². The highest BCUT2D eigenvalue weighted by molar-refractivity contribution is 5.96. The van der Waals surface area contributed by atoms with Crippen molar-refractivity contribution in [3.05, 3.63) is 71.8 Å². The van der Waals surface area contributed by atoms with Crippen LogP contribution in [0.15, 0.2) is 60.7 Å². The third-order valence-corrected chi connectivity index (χ3v) is 5.99. The number of H-pyrrole nitrogens is 2. The predicted octanol–water partition coefficient (Wildman–Crippen LogP) is 6.44. The van der Waals surface area contributed by atoms with E-state index in [4.69, 9.17) is 39.7 Å². The average molecular weight is 658 g/mol. The Balaban J connectivity index is 0.00000220. The Bertz CT molecular complexity index is 1490. The number of imidazole rings is 2. The van der Waals surface area contributed by atoms with Gasteiger partial charge in [-0.2, -0.15) is 0 Å². The molecule has 14 heteroatoms. The third kappa shape index (κ3) is 8.34. The molecule has 0 atom stereocenters. The summed E-state index contributed by atoms with van der Waals surface area (Å²) in [7, 11) is 3.19. The van der Waals surface area contributed by atoms with Gasteiger partial charge >= 0.3 is 0 Å². The summed E-state index contributed by atoms with van der Waals surface area (Å²) in [5, 5.41) is 16.2. The summed E-state index contributed by atoms with van der Waals surface area (Å²) in [6.07, 6.45) is 0. The molecule has 4 N–H and O–H groups in total. The Morgan fingerprint density at radius 3 is 1.33 bits per heavy atom. The van der Waals surface area contributed by atoms with Crippen molar-refractivity contribution in [2.24, 2.45) is 0 Å². The quantitative estimate of drug-likeness (QED) is 0.0774. The average Bonchev–Trinajstić information content (AvgIpc) is 3.57. The Morgan fingerprint density at radius 1 is 0.595 bits per heavy atom. The lowest BCUT2D eigenvalue weighted by Gasteiger charge is -2.06. The van der Waals surface area contributed by atoms with Gasteiger partial charge in [0.25, 0.3) is 0 Å². The van der Waals surface area contributed by atoms with Crippen LogP contribution < -0.4 is 0 Å². The zero-order valence-electron chi connectivity index (χ0n) is 22.8. The fourth-order valence-corrected chi connectivity index (χ4v) is 3.98. The number of halogens is 4. The van der Waals surface area contributed by atoms with Crippen LogP contribution in [0.5, 0.6) is 0 Å². The molecule has 0 bridgehead atoms. The fraction of sp³-hybridized carbons (Fsp3) is 0.214. The first-order valence-electron chi connectivity index (χ1n) is 12.1. The Kier molecular flexibility index (Phi) is 14.8. The maximum Gasteiger partial charge on any atom is 0.213 e. The van der Waals surface area contributed by atoms with Crippen molar-refractivity contribution >= 4 is 83.5 Å². The van der Waals surface area contributed by atoms with Crippen LogP contribution in [0.3, 0.4) is 0 Å². The second-order valence-electron chi connectivity index (χ2n) is 8.55. The van der Waals surface area contributed by atoms with E-state index >= 15 is 0 Å². The van der Waals surface area contributed by atoms with Crippen LogP contribution in [0.2, 0.25) is 0 Å². The molecule has 0 amide bonds. The van der Waals surface area contributed by atoms with E-state index in [2.05, 4.69) is 9.97 Å². The number of benzene rings is 3. The second kappa shape index (κ2) is 16.9. The molecule has 0 saturated heterocycles. The molecule has 0 aliphatic heterocycles. The molecule has 2 aromatic heterocycles. The van der Waals surface area contributed by atoms with E-state index in [1.165, 1.54) is 0 Å². The summed E-state index contributed by atoms with van der Waals surface area (Å²) in [4.78, 5) is 16.1. The molecule has 5 aromatic rings. The molecule has 0 fully saturated rings. The minimum absolute atomic E-state index is 0. The monoisotopic (exact) mass is 656 g/mol. The van der Waals surface area contributed by atoms with Gasteiger partial charge in [-0.15, -0.1) is 49.6 Å². The number of hydrogen-bond donors (Lipinski definition) is 4. The molecule has 226 valence electrons. The van der Waals surface area contributed by atoms with Crippen molar-refractivity contribution in [2.75, 3.05) is 40.6 Å². The standard InChI is InChI=1S/C28H28N6O4.4ClH/c1-35-11-13-37-25(29)19-7-9-21-23(15-19)33-27(31-21)17-3-5-18(6-4-17)28-32-22-10-8-20(16-24(22)34-28)26(30)38-14-12-36-2;;;;/h3-10,15-16,29-30H,11-14H2,1-2H3,(H,31,33)(H,32,34);4*1H. The van der Waals surface area contributed by atoms with Crippen LogP contribution >= 0.6 is 49.6 Å². The summed E-state index contributed by atoms with van der Waals surface area (Å²) in [5.74, 6) is 1.66. The largest absolute Gasteiger partial charge is 0.475 e. The minimum Gasteiger partial charge on any atom is -0.475 e. The van der Waals surface area contributed by atoms with Crippen molar-refractivity contribution in [3.63, 3.8) is 0 Å². The number of hydrogen-bond acceptors (Lipinski definition) is 8. The molecule has 42 heavy (non-hydrogen) atoms. The maximum atomic E-state index is 8.12. The van der Waals surface area contributed by atoms with E-state index in [1.54, 1.807) is 14.2 Å². The smallest absolute Gasteiger partial charge is 0.213 e. The van der Waals surface area contributed by atoms with E-state index in [9.17, 15) is 0 Å². The minimum atomic E-state index is 0. The number of nitrogens with zero attached hydrogens (tertiary/aromatic N) is 2. The Hall–Kier alpha value is -3.38.